The fourth-order valence-corrected chi connectivity index (χ4v) is 3.72. The Morgan fingerprint density at radius 2 is 1.57 bits per heavy atom. The second-order valence-corrected chi connectivity index (χ2v) is 7.98. The maximum atomic E-state index is 12.9. The molecule has 0 amide bonds. The third kappa shape index (κ3) is 3.29. The van der Waals surface area contributed by atoms with Crippen molar-refractivity contribution in [3.63, 3.8) is 0 Å². The SMILES string of the molecule is CCCn1c(=O)c2c(nc(-c3ccc(S(=O)(=O)O)cc3)n2C)n(CCC)c1=O. The van der Waals surface area contributed by atoms with Crippen molar-refractivity contribution in [3.05, 3.63) is 45.1 Å². The summed E-state index contributed by atoms with van der Waals surface area (Å²) in [6, 6.07) is 5.52. The molecule has 0 aliphatic rings. The predicted octanol–water partition coefficient (Wildman–Crippen LogP) is 1.63. The Morgan fingerprint density at radius 1 is 1.00 bits per heavy atom. The van der Waals surface area contributed by atoms with E-state index in [9.17, 15) is 18.0 Å². The number of rotatable bonds is 6. The molecule has 0 saturated heterocycles. The summed E-state index contributed by atoms with van der Waals surface area (Å²) in [6.45, 7) is 4.58. The Bertz CT molecular complexity index is 1250. The molecule has 0 aliphatic heterocycles. The third-order valence-corrected chi connectivity index (χ3v) is 5.41. The summed E-state index contributed by atoms with van der Waals surface area (Å²) >= 11 is 0. The first-order valence-corrected chi connectivity index (χ1v) is 10.4. The summed E-state index contributed by atoms with van der Waals surface area (Å²) in [4.78, 5) is 30.0. The fourth-order valence-electron chi connectivity index (χ4n) is 3.24. The minimum atomic E-state index is -4.30. The fraction of sp³-hybridized carbons (Fsp3) is 0.389. The quantitative estimate of drug-likeness (QED) is 0.622. The summed E-state index contributed by atoms with van der Waals surface area (Å²) < 4.78 is 35.9. The number of fused-ring (bicyclic) bond motifs is 1. The standard InChI is InChI=1S/C18H22N4O5S/c1-4-10-21-16-14(17(23)22(11-5-2)18(21)24)20(3)15(19-16)12-6-8-13(9-7-12)28(25,26)27/h6-9H,4-5,10-11H2,1-3H3,(H,25,26,27). The van der Waals surface area contributed by atoms with Crippen molar-refractivity contribution in [2.24, 2.45) is 7.05 Å². The Morgan fingerprint density at radius 3 is 2.11 bits per heavy atom. The molecule has 10 heteroatoms. The number of aromatic nitrogens is 4. The lowest BCUT2D eigenvalue weighted by Gasteiger charge is -2.10. The minimum absolute atomic E-state index is 0.233. The molecule has 9 nitrogen and oxygen atoms in total. The van der Waals surface area contributed by atoms with Gasteiger partial charge >= 0.3 is 5.69 Å². The largest absolute Gasteiger partial charge is 0.332 e. The van der Waals surface area contributed by atoms with Crippen LogP contribution in [0.3, 0.4) is 0 Å². The first-order chi connectivity index (χ1) is 13.2. The van der Waals surface area contributed by atoms with Gasteiger partial charge in [-0.25, -0.2) is 9.78 Å². The van der Waals surface area contributed by atoms with Crippen LogP contribution in [-0.2, 0) is 30.3 Å². The third-order valence-electron chi connectivity index (χ3n) is 4.55. The first-order valence-electron chi connectivity index (χ1n) is 8.98. The Labute approximate surface area is 161 Å². The highest BCUT2D eigenvalue weighted by Crippen LogP contribution is 2.23. The van der Waals surface area contributed by atoms with Crippen molar-refractivity contribution >= 4 is 21.3 Å². The molecule has 0 bridgehead atoms. The number of benzene rings is 1. The number of nitrogens with zero attached hydrogens (tertiary/aromatic N) is 4. The van der Waals surface area contributed by atoms with Crippen molar-refractivity contribution < 1.29 is 13.0 Å². The van der Waals surface area contributed by atoms with Crippen LogP contribution in [0.5, 0.6) is 0 Å². The monoisotopic (exact) mass is 406 g/mol. The molecule has 28 heavy (non-hydrogen) atoms. The zero-order valence-electron chi connectivity index (χ0n) is 15.9. The highest BCUT2D eigenvalue weighted by Gasteiger charge is 2.20. The molecule has 1 N–H and O–H groups in total. The minimum Gasteiger partial charge on any atom is -0.321 e. The van der Waals surface area contributed by atoms with Crippen molar-refractivity contribution in [2.75, 3.05) is 0 Å². The lowest BCUT2D eigenvalue weighted by Crippen LogP contribution is -2.40. The van der Waals surface area contributed by atoms with Gasteiger partial charge in [-0.2, -0.15) is 8.42 Å². The zero-order chi connectivity index (χ0) is 20.6. The van der Waals surface area contributed by atoms with Gasteiger partial charge in [0.15, 0.2) is 11.2 Å². The van der Waals surface area contributed by atoms with Crippen LogP contribution in [0, 0.1) is 0 Å². The highest BCUT2D eigenvalue weighted by molar-refractivity contribution is 7.85. The van der Waals surface area contributed by atoms with Crippen LogP contribution in [0.25, 0.3) is 22.6 Å². The molecule has 2 heterocycles. The smallest absolute Gasteiger partial charge is 0.321 e. The summed E-state index contributed by atoms with van der Waals surface area (Å²) in [5.74, 6) is 0.424. The van der Waals surface area contributed by atoms with Crippen molar-refractivity contribution in [1.29, 1.82) is 0 Å². The molecular formula is C18H22N4O5S. The zero-order valence-corrected chi connectivity index (χ0v) is 16.7. The van der Waals surface area contributed by atoms with Crippen LogP contribution >= 0.6 is 0 Å². The molecule has 1 aromatic carbocycles. The van der Waals surface area contributed by atoms with Crippen LogP contribution in [-0.4, -0.2) is 31.7 Å². The molecule has 0 fully saturated rings. The van der Waals surface area contributed by atoms with E-state index in [-0.39, 0.29) is 10.6 Å². The van der Waals surface area contributed by atoms with E-state index in [1.165, 1.54) is 33.4 Å². The van der Waals surface area contributed by atoms with Gasteiger partial charge in [0, 0.05) is 25.7 Å². The molecule has 0 saturated carbocycles. The molecule has 0 atom stereocenters. The second-order valence-electron chi connectivity index (χ2n) is 6.56. The maximum absolute atomic E-state index is 12.9. The normalized spacial score (nSPS) is 12.0. The van der Waals surface area contributed by atoms with Crippen LogP contribution in [0.4, 0.5) is 0 Å². The van der Waals surface area contributed by atoms with Gasteiger partial charge < -0.3 is 4.57 Å². The second kappa shape index (κ2) is 7.36. The predicted molar refractivity (Wildman–Crippen MR) is 105 cm³/mol. The summed E-state index contributed by atoms with van der Waals surface area (Å²) in [7, 11) is -2.62. The van der Waals surface area contributed by atoms with Gasteiger partial charge in [-0.15, -0.1) is 0 Å². The summed E-state index contributed by atoms with van der Waals surface area (Å²) in [5, 5.41) is 0. The van der Waals surface area contributed by atoms with Crippen molar-refractivity contribution in [3.8, 4) is 11.4 Å². The number of aryl methyl sites for hydroxylation is 2. The molecule has 0 unspecified atom stereocenters. The molecule has 0 spiro atoms. The van der Waals surface area contributed by atoms with Crippen LogP contribution in [0.2, 0.25) is 0 Å². The van der Waals surface area contributed by atoms with E-state index in [0.717, 1.165) is 0 Å². The molecule has 150 valence electrons. The van der Waals surface area contributed by atoms with Crippen molar-refractivity contribution in [2.45, 2.75) is 44.7 Å². The molecule has 0 radical (unpaired) electrons. The van der Waals surface area contributed by atoms with E-state index in [2.05, 4.69) is 4.98 Å². The van der Waals surface area contributed by atoms with E-state index < -0.39 is 15.7 Å². The first kappa shape index (κ1) is 20.0. The molecule has 3 rings (SSSR count). The lowest BCUT2D eigenvalue weighted by molar-refractivity contribution is 0.483. The number of hydrogen-bond donors (Lipinski definition) is 1. The van der Waals surface area contributed by atoms with Crippen molar-refractivity contribution in [1.82, 2.24) is 18.7 Å². The molecule has 0 aliphatic carbocycles. The molecule has 2 aromatic heterocycles. The van der Waals surface area contributed by atoms with Gasteiger partial charge in [-0.05, 0) is 37.1 Å². The summed E-state index contributed by atoms with van der Waals surface area (Å²) in [6.07, 6.45) is 1.35. The van der Waals surface area contributed by atoms with Crippen LogP contribution < -0.4 is 11.2 Å². The van der Waals surface area contributed by atoms with Crippen LogP contribution in [0.1, 0.15) is 26.7 Å². The molecule has 3 aromatic rings. The number of hydrogen-bond acceptors (Lipinski definition) is 5. The average molecular weight is 406 g/mol. The van der Waals surface area contributed by atoms with E-state index >= 15 is 0 Å². The van der Waals surface area contributed by atoms with Gasteiger partial charge in [-0.1, -0.05) is 13.8 Å². The van der Waals surface area contributed by atoms with E-state index in [1.807, 2.05) is 13.8 Å². The van der Waals surface area contributed by atoms with Crippen LogP contribution in [0.15, 0.2) is 38.8 Å². The van der Waals surface area contributed by atoms with Gasteiger partial charge in [0.05, 0.1) is 4.90 Å². The summed E-state index contributed by atoms with van der Waals surface area (Å²) in [5.41, 5.74) is 0.400. The van der Waals surface area contributed by atoms with Gasteiger partial charge in [0.25, 0.3) is 15.7 Å². The van der Waals surface area contributed by atoms with E-state index in [4.69, 9.17) is 4.55 Å². The topological polar surface area (TPSA) is 116 Å². The lowest BCUT2D eigenvalue weighted by atomic mass is 10.2. The highest BCUT2D eigenvalue weighted by atomic mass is 32.2. The van der Waals surface area contributed by atoms with Gasteiger partial charge in [-0.3, -0.25) is 18.5 Å². The Kier molecular flexibility index (Phi) is 5.26. The van der Waals surface area contributed by atoms with E-state index in [0.29, 0.717) is 48.5 Å². The van der Waals surface area contributed by atoms with Gasteiger partial charge in [0.2, 0.25) is 0 Å². The number of imidazole rings is 1. The molecular weight excluding hydrogens is 384 g/mol. The average Bonchev–Trinajstić information content (AvgIpc) is 2.99. The Hall–Kier alpha value is -2.72. The van der Waals surface area contributed by atoms with Gasteiger partial charge in [0.1, 0.15) is 5.82 Å². The van der Waals surface area contributed by atoms with E-state index in [1.54, 1.807) is 11.6 Å². The Balaban J connectivity index is 2.31. The maximum Gasteiger partial charge on any atom is 0.332 e.